The van der Waals surface area contributed by atoms with Crippen LogP contribution in [-0.2, 0) is 14.4 Å². The first-order chi connectivity index (χ1) is 10.6. The van der Waals surface area contributed by atoms with E-state index < -0.39 is 41.9 Å². The van der Waals surface area contributed by atoms with Crippen LogP contribution in [0.4, 0.5) is 4.79 Å². The average molecular weight is 333 g/mol. The molecule has 10 heteroatoms. The minimum Gasteiger partial charge on any atom is -0.481 e. The van der Waals surface area contributed by atoms with E-state index >= 15 is 0 Å². The van der Waals surface area contributed by atoms with Crippen LogP contribution in [0.2, 0.25) is 0 Å². The summed E-state index contributed by atoms with van der Waals surface area (Å²) in [5, 5.41) is 31.0. The highest BCUT2D eigenvalue weighted by molar-refractivity contribution is 5.88. The number of carbonyl (C=O) groups is 4. The Kier molecular flexibility index (Phi) is 8.63. The molecule has 0 unspecified atom stereocenters. The summed E-state index contributed by atoms with van der Waals surface area (Å²) >= 11 is 0. The topological polar surface area (TPSA) is 179 Å². The largest absolute Gasteiger partial charge is 0.481 e. The van der Waals surface area contributed by atoms with E-state index in [1.54, 1.807) is 0 Å². The van der Waals surface area contributed by atoms with Gasteiger partial charge < -0.3 is 31.7 Å². The number of rotatable bonds is 11. The Morgan fingerprint density at radius 2 is 1.74 bits per heavy atom. The zero-order valence-corrected chi connectivity index (χ0v) is 12.9. The molecule has 2 amide bonds. The van der Waals surface area contributed by atoms with Gasteiger partial charge in [-0.2, -0.15) is 0 Å². The minimum absolute atomic E-state index is 0.125. The summed E-state index contributed by atoms with van der Waals surface area (Å²) in [6.07, 6.45) is 0.433. The van der Waals surface area contributed by atoms with Crippen LogP contribution in [0.15, 0.2) is 0 Å². The fourth-order valence-electron chi connectivity index (χ4n) is 1.82. The van der Waals surface area contributed by atoms with E-state index in [0.29, 0.717) is 19.4 Å². The fourth-order valence-corrected chi connectivity index (χ4v) is 1.82. The summed E-state index contributed by atoms with van der Waals surface area (Å²) < 4.78 is 0. The molecule has 0 rings (SSSR count). The van der Waals surface area contributed by atoms with E-state index in [1.165, 1.54) is 6.92 Å². The summed E-state index contributed by atoms with van der Waals surface area (Å²) in [6.45, 7) is 1.69. The van der Waals surface area contributed by atoms with Crippen molar-refractivity contribution in [3.05, 3.63) is 0 Å². The highest BCUT2D eigenvalue weighted by atomic mass is 16.4. The molecule has 2 atom stereocenters. The molecule has 23 heavy (non-hydrogen) atoms. The number of carbonyl (C=O) groups excluding carboxylic acids is 1. The van der Waals surface area contributed by atoms with E-state index in [2.05, 4.69) is 10.6 Å². The summed E-state index contributed by atoms with van der Waals surface area (Å²) in [5.74, 6) is -3.86. The van der Waals surface area contributed by atoms with Crippen LogP contribution >= 0.6 is 0 Å². The van der Waals surface area contributed by atoms with Gasteiger partial charge in [0.25, 0.3) is 0 Å². The molecular formula is C13H23N3O7. The molecule has 0 fully saturated rings. The van der Waals surface area contributed by atoms with Crippen molar-refractivity contribution in [3.8, 4) is 0 Å². The second-order valence-electron chi connectivity index (χ2n) is 5.30. The maximum atomic E-state index is 11.8. The van der Waals surface area contributed by atoms with Crippen LogP contribution in [-0.4, -0.2) is 57.4 Å². The molecule has 0 aromatic rings. The van der Waals surface area contributed by atoms with Crippen LogP contribution in [0.1, 0.15) is 39.0 Å². The Balaban J connectivity index is 4.73. The minimum atomic E-state index is -1.57. The van der Waals surface area contributed by atoms with Crippen LogP contribution in [0, 0.1) is 0 Å². The lowest BCUT2D eigenvalue weighted by atomic mass is 9.95. The van der Waals surface area contributed by atoms with E-state index in [9.17, 15) is 24.3 Å². The highest BCUT2D eigenvalue weighted by Crippen LogP contribution is 2.14. The average Bonchev–Trinajstić information content (AvgIpc) is 2.42. The van der Waals surface area contributed by atoms with Crippen LogP contribution < -0.4 is 16.4 Å². The van der Waals surface area contributed by atoms with Crippen molar-refractivity contribution >= 4 is 23.9 Å². The molecule has 0 heterocycles. The SMILES string of the molecule is C[C@](CCCCN)(NC(=O)N[C@H](CCC(=O)O)C(=O)O)C(=O)O. The van der Waals surface area contributed by atoms with Crippen molar-refractivity contribution in [2.75, 3.05) is 6.54 Å². The molecule has 0 aliphatic heterocycles. The number of nitrogens with two attached hydrogens (primary N) is 1. The second-order valence-corrected chi connectivity index (χ2v) is 5.30. The van der Waals surface area contributed by atoms with Crippen molar-refractivity contribution < 1.29 is 34.5 Å². The molecule has 10 nitrogen and oxygen atoms in total. The summed E-state index contributed by atoms with van der Waals surface area (Å²) in [5.41, 5.74) is 3.76. The number of carboxylic acids is 3. The second kappa shape index (κ2) is 9.62. The van der Waals surface area contributed by atoms with Crippen molar-refractivity contribution in [1.82, 2.24) is 10.6 Å². The Morgan fingerprint density at radius 1 is 1.13 bits per heavy atom. The van der Waals surface area contributed by atoms with Crippen LogP contribution in [0.5, 0.6) is 0 Å². The molecule has 0 aromatic carbocycles. The molecule has 132 valence electrons. The molecule has 0 spiro atoms. The fraction of sp³-hybridized carbons (Fsp3) is 0.692. The third kappa shape index (κ3) is 8.00. The van der Waals surface area contributed by atoms with Gasteiger partial charge in [0.1, 0.15) is 11.6 Å². The monoisotopic (exact) mass is 333 g/mol. The molecular weight excluding hydrogens is 310 g/mol. The maximum absolute atomic E-state index is 11.8. The number of aliphatic carboxylic acids is 3. The smallest absolute Gasteiger partial charge is 0.329 e. The number of nitrogens with one attached hydrogen (secondary N) is 2. The van der Waals surface area contributed by atoms with Gasteiger partial charge >= 0.3 is 23.9 Å². The first-order valence-corrected chi connectivity index (χ1v) is 7.09. The summed E-state index contributed by atoms with van der Waals surface area (Å²) in [6, 6.07) is -2.41. The Bertz CT molecular complexity index is 455. The molecule has 0 bridgehead atoms. The lowest BCUT2D eigenvalue weighted by molar-refractivity contribution is -0.144. The molecule has 0 saturated heterocycles. The Hall–Kier alpha value is -2.36. The molecule has 0 aromatic heterocycles. The number of urea groups is 1. The van der Waals surface area contributed by atoms with Gasteiger partial charge in [0, 0.05) is 6.42 Å². The zero-order chi connectivity index (χ0) is 18.0. The summed E-state index contributed by atoms with van der Waals surface area (Å²) in [7, 11) is 0. The van der Waals surface area contributed by atoms with E-state index in [4.69, 9.17) is 15.9 Å². The predicted octanol–water partition coefficient (Wildman–Crippen LogP) is -0.424. The van der Waals surface area contributed by atoms with Gasteiger partial charge in [0.15, 0.2) is 0 Å². The lowest BCUT2D eigenvalue weighted by Crippen LogP contribution is -2.57. The number of unbranched alkanes of at least 4 members (excludes halogenated alkanes) is 1. The van der Waals surface area contributed by atoms with Gasteiger partial charge in [-0.1, -0.05) is 0 Å². The molecule has 0 aliphatic rings. The van der Waals surface area contributed by atoms with Crippen molar-refractivity contribution in [1.29, 1.82) is 0 Å². The van der Waals surface area contributed by atoms with Crippen molar-refractivity contribution in [2.45, 2.75) is 50.6 Å². The van der Waals surface area contributed by atoms with Gasteiger partial charge in [-0.15, -0.1) is 0 Å². The zero-order valence-electron chi connectivity index (χ0n) is 12.9. The third-order valence-corrected chi connectivity index (χ3v) is 3.24. The van der Waals surface area contributed by atoms with E-state index in [0.717, 1.165) is 0 Å². The van der Waals surface area contributed by atoms with Gasteiger partial charge in [0.05, 0.1) is 0 Å². The maximum Gasteiger partial charge on any atom is 0.329 e. The first kappa shape index (κ1) is 20.6. The summed E-state index contributed by atoms with van der Waals surface area (Å²) in [4.78, 5) is 44.6. The quantitative estimate of drug-likeness (QED) is 0.276. The normalized spacial score (nSPS) is 14.3. The third-order valence-electron chi connectivity index (χ3n) is 3.24. The van der Waals surface area contributed by atoms with Gasteiger partial charge in [-0.05, 0) is 39.2 Å². The molecule has 0 saturated carbocycles. The van der Waals surface area contributed by atoms with Crippen LogP contribution in [0.25, 0.3) is 0 Å². The Labute approximate surface area is 133 Å². The van der Waals surface area contributed by atoms with Crippen molar-refractivity contribution in [3.63, 3.8) is 0 Å². The molecule has 7 N–H and O–H groups in total. The Morgan fingerprint density at radius 3 is 2.17 bits per heavy atom. The van der Waals surface area contributed by atoms with E-state index in [1.807, 2.05) is 0 Å². The lowest BCUT2D eigenvalue weighted by Gasteiger charge is -2.27. The molecule has 0 radical (unpaired) electrons. The van der Waals surface area contributed by atoms with E-state index in [-0.39, 0.29) is 12.8 Å². The van der Waals surface area contributed by atoms with Gasteiger partial charge in [0.2, 0.25) is 0 Å². The molecule has 0 aliphatic carbocycles. The predicted molar refractivity (Wildman–Crippen MR) is 78.9 cm³/mol. The number of hydrogen-bond acceptors (Lipinski definition) is 5. The number of carboxylic acid groups (broad SMARTS) is 3. The van der Waals surface area contributed by atoms with Gasteiger partial charge in [-0.25, -0.2) is 14.4 Å². The standard InChI is InChI=1S/C13H23N3O7/c1-13(11(21)22,6-2-3-7-14)16-12(23)15-8(10(19)20)4-5-9(17)18/h8H,2-7,14H2,1H3,(H,17,18)(H,19,20)(H,21,22)(H2,15,16,23)/t8-,13-/m1/s1. The highest BCUT2D eigenvalue weighted by Gasteiger charge is 2.35. The first-order valence-electron chi connectivity index (χ1n) is 7.09. The number of hydrogen-bond donors (Lipinski definition) is 6. The van der Waals surface area contributed by atoms with Crippen LogP contribution in [0.3, 0.4) is 0 Å². The van der Waals surface area contributed by atoms with Gasteiger partial charge in [-0.3, -0.25) is 4.79 Å². The van der Waals surface area contributed by atoms with Crippen molar-refractivity contribution in [2.24, 2.45) is 5.73 Å². The number of amides is 2.